The second-order valence-electron chi connectivity index (χ2n) is 6.28. The van der Waals surface area contributed by atoms with Gasteiger partial charge in [0.15, 0.2) is 0 Å². The van der Waals surface area contributed by atoms with Crippen molar-refractivity contribution in [2.45, 2.75) is 43.8 Å². The lowest BCUT2D eigenvalue weighted by Gasteiger charge is -2.32. The first-order valence-electron chi connectivity index (χ1n) is 7.92. The summed E-state index contributed by atoms with van der Waals surface area (Å²) < 4.78 is 0. The summed E-state index contributed by atoms with van der Waals surface area (Å²) in [6, 6.07) is 0. The van der Waals surface area contributed by atoms with Gasteiger partial charge in [0.1, 0.15) is 0 Å². The van der Waals surface area contributed by atoms with Gasteiger partial charge in [-0.05, 0) is 44.3 Å². The van der Waals surface area contributed by atoms with E-state index >= 15 is 0 Å². The summed E-state index contributed by atoms with van der Waals surface area (Å²) in [6.45, 7) is 2.28. The van der Waals surface area contributed by atoms with Crippen LogP contribution in [0.2, 0.25) is 0 Å². The van der Waals surface area contributed by atoms with Crippen LogP contribution in [0.1, 0.15) is 38.5 Å². The Morgan fingerprint density at radius 1 is 1.10 bits per heavy atom. The van der Waals surface area contributed by atoms with Gasteiger partial charge in [-0.25, -0.2) is 0 Å². The van der Waals surface area contributed by atoms with E-state index in [0.29, 0.717) is 11.8 Å². The minimum Gasteiger partial charge on any atom is -0.355 e. The van der Waals surface area contributed by atoms with Gasteiger partial charge in [-0.1, -0.05) is 0 Å². The van der Waals surface area contributed by atoms with E-state index in [1.165, 1.54) is 18.6 Å². The predicted molar refractivity (Wildman–Crippen MR) is 80.5 cm³/mol. The summed E-state index contributed by atoms with van der Waals surface area (Å²) in [5, 5.41) is 3.70. The van der Waals surface area contributed by atoms with E-state index in [1.54, 1.807) is 0 Å². The molecule has 2 heterocycles. The van der Waals surface area contributed by atoms with Crippen LogP contribution in [0.25, 0.3) is 0 Å². The van der Waals surface area contributed by atoms with Gasteiger partial charge in [-0.2, -0.15) is 11.8 Å². The second kappa shape index (κ2) is 6.37. The van der Waals surface area contributed by atoms with E-state index in [9.17, 15) is 9.59 Å². The van der Waals surface area contributed by atoms with Crippen LogP contribution in [0.3, 0.4) is 0 Å². The highest BCUT2D eigenvalue weighted by atomic mass is 32.2. The molecule has 2 aliphatic heterocycles. The summed E-state index contributed by atoms with van der Waals surface area (Å²) in [7, 11) is 0. The van der Waals surface area contributed by atoms with Gasteiger partial charge in [-0.3, -0.25) is 9.59 Å². The Morgan fingerprint density at radius 2 is 1.95 bits per heavy atom. The van der Waals surface area contributed by atoms with Gasteiger partial charge in [0.25, 0.3) is 0 Å². The maximum absolute atomic E-state index is 12.3. The van der Waals surface area contributed by atoms with E-state index in [4.69, 9.17) is 0 Å². The van der Waals surface area contributed by atoms with Crippen LogP contribution in [-0.2, 0) is 9.59 Å². The highest BCUT2D eigenvalue weighted by Gasteiger charge is 2.36. The fraction of sp³-hybridized carbons (Fsp3) is 0.867. The highest BCUT2D eigenvalue weighted by molar-refractivity contribution is 8.00. The maximum Gasteiger partial charge on any atom is 0.225 e. The molecule has 3 rings (SSSR count). The third-order valence-electron chi connectivity index (χ3n) is 4.56. The lowest BCUT2D eigenvalue weighted by molar-refractivity contribution is -0.136. The number of hydrogen-bond acceptors (Lipinski definition) is 3. The third kappa shape index (κ3) is 3.48. The molecule has 0 aromatic rings. The molecule has 2 saturated heterocycles. The summed E-state index contributed by atoms with van der Waals surface area (Å²) in [4.78, 5) is 26.3. The first-order chi connectivity index (χ1) is 9.74. The molecule has 2 atom stereocenters. The van der Waals surface area contributed by atoms with Crippen molar-refractivity contribution in [3.8, 4) is 0 Å². The van der Waals surface area contributed by atoms with Gasteiger partial charge in [0.05, 0.1) is 5.92 Å². The Labute approximate surface area is 125 Å². The summed E-state index contributed by atoms with van der Waals surface area (Å²) in [5.41, 5.74) is 0. The lowest BCUT2D eigenvalue weighted by atomic mass is 9.96. The number of nitrogens with zero attached hydrogens (tertiary/aromatic N) is 1. The molecule has 3 aliphatic rings. The molecule has 3 fully saturated rings. The SMILES string of the molecule is O=C(NCC1CCCS1)C1CCCN(C(=O)C2CC2)C1. The van der Waals surface area contributed by atoms with Crippen LogP contribution in [0.4, 0.5) is 0 Å². The normalized spacial score (nSPS) is 30.3. The van der Waals surface area contributed by atoms with Crippen LogP contribution >= 0.6 is 11.8 Å². The highest BCUT2D eigenvalue weighted by Crippen LogP contribution is 2.32. The predicted octanol–water partition coefficient (Wildman–Crippen LogP) is 1.65. The van der Waals surface area contributed by atoms with Crippen LogP contribution in [0.15, 0.2) is 0 Å². The van der Waals surface area contributed by atoms with Crippen molar-refractivity contribution in [3.05, 3.63) is 0 Å². The van der Waals surface area contributed by atoms with E-state index in [2.05, 4.69) is 5.32 Å². The molecule has 0 radical (unpaired) electrons. The third-order valence-corrected chi connectivity index (χ3v) is 5.96. The average molecular weight is 296 g/mol. The molecule has 20 heavy (non-hydrogen) atoms. The number of nitrogens with one attached hydrogen (secondary N) is 1. The molecule has 1 N–H and O–H groups in total. The van der Waals surface area contributed by atoms with Gasteiger partial charge in [0, 0.05) is 30.8 Å². The van der Waals surface area contributed by atoms with Crippen molar-refractivity contribution in [2.75, 3.05) is 25.4 Å². The van der Waals surface area contributed by atoms with Gasteiger partial charge in [0.2, 0.25) is 11.8 Å². The van der Waals surface area contributed by atoms with Crippen molar-refractivity contribution in [1.29, 1.82) is 0 Å². The molecule has 5 heteroatoms. The topological polar surface area (TPSA) is 49.4 Å². The van der Waals surface area contributed by atoms with Gasteiger partial charge < -0.3 is 10.2 Å². The Bertz CT molecular complexity index is 378. The molecule has 1 aliphatic carbocycles. The minimum absolute atomic E-state index is 0.0119. The fourth-order valence-electron chi connectivity index (χ4n) is 3.14. The lowest BCUT2D eigenvalue weighted by Crippen LogP contribution is -2.46. The van der Waals surface area contributed by atoms with Crippen LogP contribution < -0.4 is 5.32 Å². The Morgan fingerprint density at radius 3 is 2.65 bits per heavy atom. The van der Waals surface area contributed by atoms with Crippen LogP contribution in [-0.4, -0.2) is 47.4 Å². The molecule has 1 saturated carbocycles. The summed E-state index contributed by atoms with van der Waals surface area (Å²) in [5.74, 6) is 1.96. The van der Waals surface area contributed by atoms with E-state index in [-0.39, 0.29) is 23.7 Å². The number of piperidine rings is 1. The fourth-order valence-corrected chi connectivity index (χ4v) is 4.35. The number of hydrogen-bond donors (Lipinski definition) is 1. The molecule has 112 valence electrons. The average Bonchev–Trinajstić information content (AvgIpc) is 3.20. The van der Waals surface area contributed by atoms with E-state index < -0.39 is 0 Å². The number of amides is 2. The van der Waals surface area contributed by atoms with Gasteiger partial charge in [-0.15, -0.1) is 0 Å². The molecule has 0 aromatic carbocycles. The quantitative estimate of drug-likeness (QED) is 0.858. The van der Waals surface area contributed by atoms with Crippen molar-refractivity contribution >= 4 is 23.6 Å². The molecule has 2 amide bonds. The molecular formula is C15H24N2O2S. The van der Waals surface area contributed by atoms with Crippen molar-refractivity contribution < 1.29 is 9.59 Å². The monoisotopic (exact) mass is 296 g/mol. The van der Waals surface area contributed by atoms with Crippen LogP contribution in [0, 0.1) is 11.8 Å². The standard InChI is InChI=1S/C15H24N2O2S/c18-14(16-9-13-4-2-8-20-13)12-3-1-7-17(10-12)15(19)11-5-6-11/h11-13H,1-10H2,(H,16,18). The Kier molecular flexibility index (Phi) is 4.54. The molecule has 4 nitrogen and oxygen atoms in total. The first-order valence-corrected chi connectivity index (χ1v) is 8.97. The number of rotatable bonds is 4. The second-order valence-corrected chi connectivity index (χ2v) is 7.69. The van der Waals surface area contributed by atoms with Crippen molar-refractivity contribution in [1.82, 2.24) is 10.2 Å². The maximum atomic E-state index is 12.3. The van der Waals surface area contributed by atoms with Gasteiger partial charge >= 0.3 is 0 Å². The molecule has 0 bridgehead atoms. The summed E-state index contributed by atoms with van der Waals surface area (Å²) in [6.07, 6.45) is 6.49. The smallest absolute Gasteiger partial charge is 0.225 e. The number of carbonyl (C=O) groups is 2. The number of carbonyl (C=O) groups excluding carboxylic acids is 2. The first kappa shape index (κ1) is 14.2. The summed E-state index contributed by atoms with van der Waals surface area (Å²) >= 11 is 1.97. The van der Waals surface area contributed by atoms with E-state index in [0.717, 1.165) is 38.8 Å². The number of thioether (sulfide) groups is 1. The zero-order valence-corrected chi connectivity index (χ0v) is 12.8. The molecule has 0 spiro atoms. The van der Waals surface area contributed by atoms with Crippen molar-refractivity contribution in [2.24, 2.45) is 11.8 Å². The minimum atomic E-state index is 0.0119. The zero-order valence-electron chi connectivity index (χ0n) is 12.0. The Hall–Kier alpha value is -0.710. The molecule has 2 unspecified atom stereocenters. The van der Waals surface area contributed by atoms with Crippen LogP contribution in [0.5, 0.6) is 0 Å². The molecule has 0 aromatic heterocycles. The zero-order chi connectivity index (χ0) is 13.9. The van der Waals surface area contributed by atoms with E-state index in [1.807, 2.05) is 16.7 Å². The molecular weight excluding hydrogens is 272 g/mol. The number of likely N-dealkylation sites (tertiary alicyclic amines) is 1. The van der Waals surface area contributed by atoms with Crippen molar-refractivity contribution in [3.63, 3.8) is 0 Å². The largest absolute Gasteiger partial charge is 0.355 e. The Balaban J connectivity index is 1.45.